The molecule has 1 fully saturated rings. The fourth-order valence-corrected chi connectivity index (χ4v) is 4.98. The molecule has 1 amide bonds. The lowest BCUT2D eigenvalue weighted by Crippen LogP contribution is -2.47. The molecule has 9 heteroatoms. The van der Waals surface area contributed by atoms with Gasteiger partial charge in [-0.05, 0) is 42.9 Å². The molecule has 0 aliphatic carbocycles. The molecule has 1 aliphatic heterocycles. The van der Waals surface area contributed by atoms with Gasteiger partial charge in [-0.1, -0.05) is 35.3 Å². The van der Waals surface area contributed by atoms with Crippen molar-refractivity contribution in [2.45, 2.75) is 11.3 Å². The third kappa shape index (κ3) is 4.85. The molecule has 0 spiro atoms. The topological polar surface area (TPSA) is 69.7 Å². The van der Waals surface area contributed by atoms with Crippen LogP contribution in [0.1, 0.15) is 5.56 Å². The molecule has 1 saturated heterocycles. The number of anilines is 1. The van der Waals surface area contributed by atoms with Crippen molar-refractivity contribution in [2.75, 3.05) is 38.5 Å². The van der Waals surface area contributed by atoms with Crippen molar-refractivity contribution in [2.24, 2.45) is 0 Å². The quantitative estimate of drug-likeness (QED) is 0.773. The average Bonchev–Trinajstić information content (AvgIpc) is 2.65. The van der Waals surface area contributed by atoms with Gasteiger partial charge in [-0.3, -0.25) is 4.79 Å². The number of halogens is 2. The average molecular weight is 442 g/mol. The SMILES string of the molecule is CN1CCN(S(=O)(=O)c2cccc(NC(=O)Cc3c(Cl)cccc3Cl)c2)CC1. The van der Waals surface area contributed by atoms with Crippen LogP contribution in [0, 0.1) is 0 Å². The van der Waals surface area contributed by atoms with Gasteiger partial charge in [-0.15, -0.1) is 0 Å². The van der Waals surface area contributed by atoms with Crippen LogP contribution in [0.5, 0.6) is 0 Å². The molecule has 0 aromatic heterocycles. The van der Waals surface area contributed by atoms with Gasteiger partial charge in [0.15, 0.2) is 0 Å². The summed E-state index contributed by atoms with van der Waals surface area (Å²) in [5.41, 5.74) is 0.938. The van der Waals surface area contributed by atoms with Crippen molar-refractivity contribution in [1.29, 1.82) is 0 Å². The first-order valence-corrected chi connectivity index (χ1v) is 11.0. The third-order valence-electron chi connectivity index (χ3n) is 4.62. The number of nitrogens with one attached hydrogen (secondary N) is 1. The second-order valence-corrected chi connectivity index (χ2v) is 9.41. The second-order valence-electron chi connectivity index (χ2n) is 6.66. The molecular weight excluding hydrogens is 421 g/mol. The van der Waals surface area contributed by atoms with Gasteiger partial charge in [0.25, 0.3) is 0 Å². The van der Waals surface area contributed by atoms with Gasteiger partial charge in [0.2, 0.25) is 15.9 Å². The van der Waals surface area contributed by atoms with E-state index in [0.29, 0.717) is 47.5 Å². The zero-order valence-corrected chi connectivity index (χ0v) is 17.7. The first-order chi connectivity index (χ1) is 13.3. The summed E-state index contributed by atoms with van der Waals surface area (Å²) in [6.07, 6.45) is -0.00601. The van der Waals surface area contributed by atoms with Gasteiger partial charge in [0.1, 0.15) is 0 Å². The van der Waals surface area contributed by atoms with E-state index in [4.69, 9.17) is 23.2 Å². The molecule has 2 aromatic rings. The monoisotopic (exact) mass is 441 g/mol. The fraction of sp³-hybridized carbons (Fsp3) is 0.316. The normalized spacial score (nSPS) is 16.1. The Labute approximate surface area is 175 Å². The van der Waals surface area contributed by atoms with Crippen LogP contribution >= 0.6 is 23.2 Å². The van der Waals surface area contributed by atoms with E-state index >= 15 is 0 Å². The number of benzene rings is 2. The van der Waals surface area contributed by atoms with Gasteiger partial charge in [-0.25, -0.2) is 8.42 Å². The first kappa shape index (κ1) is 21.1. The van der Waals surface area contributed by atoms with Crippen LogP contribution in [0.2, 0.25) is 10.0 Å². The van der Waals surface area contributed by atoms with E-state index in [2.05, 4.69) is 10.2 Å². The highest BCUT2D eigenvalue weighted by Crippen LogP contribution is 2.25. The van der Waals surface area contributed by atoms with Crippen LogP contribution in [0.15, 0.2) is 47.4 Å². The van der Waals surface area contributed by atoms with Crippen molar-refractivity contribution in [3.63, 3.8) is 0 Å². The van der Waals surface area contributed by atoms with E-state index in [1.54, 1.807) is 30.3 Å². The Morgan fingerprint density at radius 2 is 1.64 bits per heavy atom. The zero-order valence-electron chi connectivity index (χ0n) is 15.4. The van der Waals surface area contributed by atoms with E-state index in [1.807, 2.05) is 7.05 Å². The molecule has 6 nitrogen and oxygen atoms in total. The number of nitrogens with zero attached hydrogens (tertiary/aromatic N) is 2. The highest BCUT2D eigenvalue weighted by molar-refractivity contribution is 7.89. The van der Waals surface area contributed by atoms with E-state index in [-0.39, 0.29) is 17.2 Å². The van der Waals surface area contributed by atoms with Crippen molar-refractivity contribution < 1.29 is 13.2 Å². The lowest BCUT2D eigenvalue weighted by molar-refractivity contribution is -0.115. The minimum Gasteiger partial charge on any atom is -0.326 e. The van der Waals surface area contributed by atoms with Gasteiger partial charge < -0.3 is 10.2 Å². The van der Waals surface area contributed by atoms with Crippen molar-refractivity contribution in [3.8, 4) is 0 Å². The number of sulfonamides is 1. The standard InChI is InChI=1S/C19H21Cl2N3O3S/c1-23-8-10-24(11-9-23)28(26,27)15-5-2-4-14(12-15)22-19(25)13-16-17(20)6-3-7-18(16)21/h2-7,12H,8-11,13H2,1H3,(H,22,25). The smallest absolute Gasteiger partial charge is 0.243 e. The van der Waals surface area contributed by atoms with Gasteiger partial charge in [0.05, 0.1) is 11.3 Å². The Morgan fingerprint density at radius 1 is 1.04 bits per heavy atom. The van der Waals surface area contributed by atoms with E-state index in [9.17, 15) is 13.2 Å². The molecule has 28 heavy (non-hydrogen) atoms. The number of rotatable bonds is 5. The summed E-state index contributed by atoms with van der Waals surface area (Å²) >= 11 is 12.2. The van der Waals surface area contributed by atoms with E-state index < -0.39 is 10.0 Å². The van der Waals surface area contributed by atoms with Crippen molar-refractivity contribution >= 4 is 44.8 Å². The summed E-state index contributed by atoms with van der Waals surface area (Å²) < 4.78 is 27.2. The lowest BCUT2D eigenvalue weighted by Gasteiger charge is -2.31. The molecule has 1 heterocycles. The number of piperazine rings is 1. The maximum Gasteiger partial charge on any atom is 0.243 e. The predicted molar refractivity (Wildman–Crippen MR) is 111 cm³/mol. The highest BCUT2D eigenvalue weighted by Gasteiger charge is 2.27. The van der Waals surface area contributed by atoms with E-state index in [0.717, 1.165) is 0 Å². The number of carbonyl (C=O) groups excluding carboxylic acids is 1. The minimum absolute atomic E-state index is 0.00601. The van der Waals surface area contributed by atoms with Crippen LogP contribution in [0.4, 0.5) is 5.69 Å². The maximum absolute atomic E-state index is 12.9. The van der Waals surface area contributed by atoms with Crippen molar-refractivity contribution in [1.82, 2.24) is 9.21 Å². The molecular formula is C19H21Cl2N3O3S. The Kier molecular flexibility index (Phi) is 6.62. The van der Waals surface area contributed by atoms with E-state index in [1.165, 1.54) is 16.4 Å². The molecule has 1 N–H and O–H groups in total. The molecule has 2 aromatic carbocycles. The molecule has 0 bridgehead atoms. The molecule has 0 radical (unpaired) electrons. The number of likely N-dealkylation sites (N-methyl/N-ethyl adjacent to an activating group) is 1. The van der Waals surface area contributed by atoms with Crippen molar-refractivity contribution in [3.05, 3.63) is 58.1 Å². The second kappa shape index (κ2) is 8.80. The van der Waals surface area contributed by atoms with Crippen LogP contribution in [-0.2, 0) is 21.2 Å². The van der Waals surface area contributed by atoms with Crippen LogP contribution in [0.25, 0.3) is 0 Å². The fourth-order valence-electron chi connectivity index (χ4n) is 2.98. The summed E-state index contributed by atoms with van der Waals surface area (Å²) in [4.78, 5) is 14.6. The molecule has 0 atom stereocenters. The lowest BCUT2D eigenvalue weighted by atomic mass is 10.1. The Morgan fingerprint density at radius 3 is 2.29 bits per heavy atom. The molecule has 1 aliphatic rings. The summed E-state index contributed by atoms with van der Waals surface area (Å²) in [6.45, 7) is 2.27. The first-order valence-electron chi connectivity index (χ1n) is 8.79. The summed E-state index contributed by atoms with van der Waals surface area (Å²) in [7, 11) is -1.64. The Bertz CT molecular complexity index is 954. The summed E-state index contributed by atoms with van der Waals surface area (Å²) in [5, 5.41) is 3.54. The molecule has 0 saturated carbocycles. The summed E-state index contributed by atoms with van der Waals surface area (Å²) in [5.74, 6) is -0.329. The number of hydrogen-bond donors (Lipinski definition) is 1. The van der Waals surface area contributed by atoms with Gasteiger partial charge in [0, 0.05) is 41.9 Å². The third-order valence-corrected chi connectivity index (χ3v) is 7.22. The molecule has 150 valence electrons. The Balaban J connectivity index is 1.73. The molecule has 0 unspecified atom stereocenters. The number of amides is 1. The Hall–Kier alpha value is -1.64. The number of carbonyl (C=O) groups is 1. The maximum atomic E-state index is 12.9. The van der Waals surface area contributed by atoms with Crippen LogP contribution in [-0.4, -0.2) is 56.8 Å². The summed E-state index contributed by atoms with van der Waals surface area (Å²) in [6, 6.07) is 11.3. The predicted octanol–water partition coefficient (Wildman–Crippen LogP) is 3.11. The largest absolute Gasteiger partial charge is 0.326 e. The zero-order chi connectivity index (χ0) is 20.3. The number of hydrogen-bond acceptors (Lipinski definition) is 4. The van der Waals surface area contributed by atoms with Gasteiger partial charge in [-0.2, -0.15) is 4.31 Å². The van der Waals surface area contributed by atoms with Crippen LogP contribution in [0.3, 0.4) is 0 Å². The highest BCUT2D eigenvalue weighted by atomic mass is 35.5. The minimum atomic E-state index is -3.60. The van der Waals surface area contributed by atoms with Gasteiger partial charge >= 0.3 is 0 Å². The molecule has 3 rings (SSSR count). The van der Waals surface area contributed by atoms with Crippen LogP contribution < -0.4 is 5.32 Å².